The monoisotopic (exact) mass is 241 g/mol. The number of aryl methyl sites for hydroxylation is 2. The summed E-state index contributed by atoms with van der Waals surface area (Å²) in [7, 11) is 0. The first-order valence-electron chi connectivity index (χ1n) is 5.33. The van der Waals surface area contributed by atoms with Crippen LogP contribution in [0.1, 0.15) is 30.7 Å². The Bertz CT molecular complexity index is 414. The van der Waals surface area contributed by atoms with E-state index in [9.17, 15) is 9.59 Å². The first-order valence-corrected chi connectivity index (χ1v) is 5.33. The van der Waals surface area contributed by atoms with Gasteiger partial charge in [-0.05, 0) is 13.3 Å². The number of hydrogen-bond acceptors (Lipinski definition) is 4. The molecule has 0 amide bonds. The van der Waals surface area contributed by atoms with Crippen molar-refractivity contribution in [3.8, 4) is 0 Å². The second-order valence-electron chi connectivity index (χ2n) is 3.74. The van der Waals surface area contributed by atoms with Gasteiger partial charge in [0.25, 0.3) is 0 Å². The molecule has 1 heterocycles. The average Bonchev–Trinajstić information content (AvgIpc) is 2.57. The van der Waals surface area contributed by atoms with Crippen LogP contribution in [0.25, 0.3) is 0 Å². The quantitative estimate of drug-likeness (QED) is 0.718. The fraction of sp³-hybridized carbons (Fsp3) is 0.600. The second-order valence-corrected chi connectivity index (χ2v) is 3.74. The van der Waals surface area contributed by atoms with Crippen molar-refractivity contribution in [1.29, 1.82) is 0 Å². The van der Waals surface area contributed by atoms with E-state index in [1.165, 1.54) is 0 Å². The fourth-order valence-corrected chi connectivity index (χ4v) is 1.45. The third kappa shape index (κ3) is 4.21. The van der Waals surface area contributed by atoms with Gasteiger partial charge < -0.3 is 10.2 Å². The maximum absolute atomic E-state index is 10.4. The zero-order chi connectivity index (χ0) is 12.8. The first-order chi connectivity index (χ1) is 8.00. The Morgan fingerprint density at radius 2 is 1.88 bits per heavy atom. The lowest BCUT2D eigenvalue weighted by atomic mass is 10.2. The summed E-state index contributed by atoms with van der Waals surface area (Å²) in [6.45, 7) is 2.29. The summed E-state index contributed by atoms with van der Waals surface area (Å²) in [6.07, 6.45) is 0.941. The van der Waals surface area contributed by atoms with Gasteiger partial charge in [0.05, 0.1) is 17.8 Å². The highest BCUT2D eigenvalue weighted by Gasteiger charge is 2.10. The van der Waals surface area contributed by atoms with Crippen molar-refractivity contribution in [1.82, 2.24) is 15.0 Å². The Hall–Kier alpha value is -1.92. The van der Waals surface area contributed by atoms with Crippen molar-refractivity contribution in [3.63, 3.8) is 0 Å². The number of rotatable bonds is 7. The van der Waals surface area contributed by atoms with Crippen LogP contribution in [-0.2, 0) is 22.6 Å². The second kappa shape index (κ2) is 5.97. The van der Waals surface area contributed by atoms with Gasteiger partial charge in [0.2, 0.25) is 0 Å². The largest absolute Gasteiger partial charge is 0.481 e. The van der Waals surface area contributed by atoms with E-state index >= 15 is 0 Å². The van der Waals surface area contributed by atoms with Crippen LogP contribution in [0.15, 0.2) is 0 Å². The van der Waals surface area contributed by atoms with E-state index < -0.39 is 11.9 Å². The molecule has 1 aromatic heterocycles. The molecule has 0 aromatic carbocycles. The third-order valence-electron chi connectivity index (χ3n) is 2.41. The van der Waals surface area contributed by atoms with Crippen molar-refractivity contribution in [3.05, 3.63) is 11.4 Å². The minimum absolute atomic E-state index is 0.0225. The molecule has 0 aliphatic carbocycles. The molecular weight excluding hydrogens is 226 g/mol. The molecule has 0 spiro atoms. The van der Waals surface area contributed by atoms with E-state index in [4.69, 9.17) is 10.2 Å². The number of nitrogens with zero attached hydrogens (tertiary/aromatic N) is 3. The molecule has 0 saturated carbocycles. The first kappa shape index (κ1) is 13.1. The molecule has 0 saturated heterocycles. The van der Waals surface area contributed by atoms with E-state index in [1.807, 2.05) is 0 Å². The molecule has 17 heavy (non-hydrogen) atoms. The van der Waals surface area contributed by atoms with Crippen LogP contribution >= 0.6 is 0 Å². The highest BCUT2D eigenvalue weighted by Crippen LogP contribution is 2.07. The number of aliphatic carboxylic acids is 2. The fourth-order valence-electron chi connectivity index (χ4n) is 1.45. The molecule has 7 heteroatoms. The Labute approximate surface area is 98.1 Å². The molecule has 0 radical (unpaired) electrons. The number of carboxylic acids is 2. The minimum Gasteiger partial charge on any atom is -0.481 e. The van der Waals surface area contributed by atoms with Gasteiger partial charge in [0.1, 0.15) is 0 Å². The summed E-state index contributed by atoms with van der Waals surface area (Å²) in [6, 6.07) is 0. The Balaban J connectivity index is 2.51. The Kier molecular flexibility index (Phi) is 4.62. The van der Waals surface area contributed by atoms with Crippen LogP contribution in [0.5, 0.6) is 0 Å². The molecule has 7 nitrogen and oxygen atoms in total. The van der Waals surface area contributed by atoms with Crippen molar-refractivity contribution in [2.45, 2.75) is 39.2 Å². The highest BCUT2D eigenvalue weighted by molar-refractivity contribution is 5.67. The smallest absolute Gasteiger partial charge is 0.303 e. The van der Waals surface area contributed by atoms with Gasteiger partial charge in [0, 0.05) is 19.4 Å². The SMILES string of the molecule is Cc1c(CCC(=O)O)nnn1CCCC(=O)O. The lowest BCUT2D eigenvalue weighted by molar-refractivity contribution is -0.138. The summed E-state index contributed by atoms with van der Waals surface area (Å²) < 4.78 is 1.61. The summed E-state index contributed by atoms with van der Waals surface area (Å²) in [5.41, 5.74) is 1.46. The number of aromatic nitrogens is 3. The van der Waals surface area contributed by atoms with Crippen LogP contribution in [0, 0.1) is 6.92 Å². The maximum atomic E-state index is 10.4. The minimum atomic E-state index is -0.871. The molecule has 0 aliphatic rings. The van der Waals surface area contributed by atoms with Gasteiger partial charge in [-0.25, -0.2) is 4.68 Å². The van der Waals surface area contributed by atoms with Crippen LogP contribution in [-0.4, -0.2) is 37.1 Å². The molecule has 2 N–H and O–H groups in total. The standard InChI is InChI=1S/C10H15N3O4/c1-7-8(4-5-10(16)17)11-12-13(7)6-2-3-9(14)15/h2-6H2,1H3,(H,14,15)(H,16,17). The van der Waals surface area contributed by atoms with E-state index in [-0.39, 0.29) is 12.8 Å². The van der Waals surface area contributed by atoms with Crippen molar-refractivity contribution < 1.29 is 19.8 Å². The normalized spacial score (nSPS) is 10.4. The van der Waals surface area contributed by atoms with E-state index in [0.29, 0.717) is 25.1 Å². The average molecular weight is 241 g/mol. The Morgan fingerprint density at radius 3 is 2.47 bits per heavy atom. The molecular formula is C10H15N3O4. The van der Waals surface area contributed by atoms with Crippen LogP contribution < -0.4 is 0 Å². The van der Waals surface area contributed by atoms with Gasteiger partial charge in [-0.2, -0.15) is 0 Å². The van der Waals surface area contributed by atoms with Gasteiger partial charge >= 0.3 is 11.9 Å². The van der Waals surface area contributed by atoms with Gasteiger partial charge in [-0.3, -0.25) is 9.59 Å². The van der Waals surface area contributed by atoms with Gasteiger partial charge in [-0.15, -0.1) is 5.10 Å². The summed E-state index contributed by atoms with van der Waals surface area (Å²) in [5.74, 6) is -1.71. The predicted octanol–water partition coefficient (Wildman–Crippen LogP) is 0.469. The predicted molar refractivity (Wildman–Crippen MR) is 57.6 cm³/mol. The molecule has 94 valence electrons. The lowest BCUT2D eigenvalue weighted by Crippen LogP contribution is -2.06. The molecule has 0 aliphatic heterocycles. The molecule has 0 bridgehead atoms. The number of carboxylic acid groups (broad SMARTS) is 2. The van der Waals surface area contributed by atoms with Crippen molar-refractivity contribution in [2.24, 2.45) is 0 Å². The van der Waals surface area contributed by atoms with Crippen molar-refractivity contribution >= 4 is 11.9 Å². The zero-order valence-corrected chi connectivity index (χ0v) is 9.59. The molecule has 0 unspecified atom stereocenters. The number of carbonyl (C=O) groups is 2. The molecule has 1 aromatic rings. The van der Waals surface area contributed by atoms with Gasteiger partial charge in [-0.1, -0.05) is 5.21 Å². The third-order valence-corrected chi connectivity index (χ3v) is 2.41. The van der Waals surface area contributed by atoms with Crippen molar-refractivity contribution in [2.75, 3.05) is 0 Å². The number of hydrogen-bond donors (Lipinski definition) is 2. The topological polar surface area (TPSA) is 105 Å². The van der Waals surface area contributed by atoms with Crippen LogP contribution in [0.3, 0.4) is 0 Å². The van der Waals surface area contributed by atoms with Crippen LogP contribution in [0.4, 0.5) is 0 Å². The summed E-state index contributed by atoms with van der Waals surface area (Å²) in [5, 5.41) is 24.8. The van der Waals surface area contributed by atoms with Gasteiger partial charge in [0.15, 0.2) is 0 Å². The van der Waals surface area contributed by atoms with E-state index in [1.54, 1.807) is 11.6 Å². The van der Waals surface area contributed by atoms with E-state index in [0.717, 1.165) is 5.69 Å². The zero-order valence-electron chi connectivity index (χ0n) is 9.59. The van der Waals surface area contributed by atoms with E-state index in [2.05, 4.69) is 10.3 Å². The Morgan fingerprint density at radius 1 is 1.24 bits per heavy atom. The maximum Gasteiger partial charge on any atom is 0.303 e. The highest BCUT2D eigenvalue weighted by atomic mass is 16.4. The van der Waals surface area contributed by atoms with Crippen LogP contribution in [0.2, 0.25) is 0 Å². The molecule has 1 rings (SSSR count). The summed E-state index contributed by atoms with van der Waals surface area (Å²) in [4.78, 5) is 20.8. The molecule has 0 fully saturated rings. The lowest BCUT2D eigenvalue weighted by Gasteiger charge is -2.01. The summed E-state index contributed by atoms with van der Waals surface area (Å²) >= 11 is 0. The molecule has 0 atom stereocenters.